The van der Waals surface area contributed by atoms with E-state index >= 15 is 0 Å². The number of aldehydes is 1. The van der Waals surface area contributed by atoms with Crippen molar-refractivity contribution in [3.05, 3.63) is 63.6 Å². The molecule has 0 amide bonds. The summed E-state index contributed by atoms with van der Waals surface area (Å²) in [6.07, 6.45) is 0.574. The van der Waals surface area contributed by atoms with E-state index in [1.54, 1.807) is 0 Å². The van der Waals surface area contributed by atoms with Crippen LogP contribution in [0.15, 0.2) is 46.9 Å². The normalized spacial score (nSPS) is 12.0. The maximum Gasteiger partial charge on any atom is 0.387 e. The van der Waals surface area contributed by atoms with Crippen LogP contribution in [-0.2, 0) is 22.6 Å². The molecule has 0 saturated heterocycles. The van der Waals surface area contributed by atoms with E-state index in [1.165, 1.54) is 18.2 Å². The molecule has 132 valence electrons. The summed E-state index contributed by atoms with van der Waals surface area (Å²) >= 11 is 3.36. The van der Waals surface area contributed by atoms with Crippen LogP contribution in [-0.4, -0.2) is 18.7 Å². The number of hydrogen-bond acceptors (Lipinski definition) is 4. The summed E-state index contributed by atoms with van der Waals surface area (Å²) in [7, 11) is 0. The SMILES string of the molecule is NCc1cc(C(Cc2cccc(Br)c2)C(=O)C=O)ccc1OC(F)F. The zero-order valence-electron chi connectivity index (χ0n) is 13.1. The molecular weight excluding hydrogens is 396 g/mol. The van der Waals surface area contributed by atoms with Crippen LogP contribution in [0.4, 0.5) is 8.78 Å². The van der Waals surface area contributed by atoms with Crippen LogP contribution < -0.4 is 10.5 Å². The Morgan fingerprint density at radius 1 is 1.24 bits per heavy atom. The van der Waals surface area contributed by atoms with Crippen molar-refractivity contribution >= 4 is 28.0 Å². The van der Waals surface area contributed by atoms with E-state index in [-0.39, 0.29) is 18.6 Å². The van der Waals surface area contributed by atoms with Crippen molar-refractivity contribution in [3.8, 4) is 5.75 Å². The second-order valence-corrected chi connectivity index (χ2v) is 6.27. The number of benzene rings is 2. The molecule has 4 nitrogen and oxygen atoms in total. The van der Waals surface area contributed by atoms with Gasteiger partial charge in [0.25, 0.3) is 0 Å². The first kappa shape index (κ1) is 19.2. The van der Waals surface area contributed by atoms with Gasteiger partial charge in [-0.05, 0) is 35.7 Å². The summed E-state index contributed by atoms with van der Waals surface area (Å²) in [5.74, 6) is -1.36. The Morgan fingerprint density at radius 3 is 2.60 bits per heavy atom. The van der Waals surface area contributed by atoms with Gasteiger partial charge in [0.2, 0.25) is 5.78 Å². The van der Waals surface area contributed by atoms with E-state index in [2.05, 4.69) is 20.7 Å². The number of alkyl halides is 2. The minimum Gasteiger partial charge on any atom is -0.434 e. The van der Waals surface area contributed by atoms with Crippen molar-refractivity contribution in [2.24, 2.45) is 5.73 Å². The standard InChI is InChI=1S/C18H16BrF2NO3/c19-14-3-1-2-11(6-14)7-15(16(24)10-23)12-4-5-17(25-18(20)21)13(8-12)9-22/h1-6,8,10,15,18H,7,9,22H2. The number of ether oxygens (including phenoxy) is 1. The number of ketones is 1. The smallest absolute Gasteiger partial charge is 0.387 e. The zero-order valence-corrected chi connectivity index (χ0v) is 14.7. The summed E-state index contributed by atoms with van der Waals surface area (Å²) in [5.41, 5.74) is 7.32. The topological polar surface area (TPSA) is 69.4 Å². The third-order valence-corrected chi connectivity index (χ3v) is 4.20. The molecule has 0 aliphatic heterocycles. The highest BCUT2D eigenvalue weighted by molar-refractivity contribution is 9.10. The maximum absolute atomic E-state index is 12.4. The van der Waals surface area contributed by atoms with Gasteiger partial charge in [-0.2, -0.15) is 8.78 Å². The van der Waals surface area contributed by atoms with Gasteiger partial charge in [0.1, 0.15) is 5.75 Å². The number of Topliss-reactive ketones (excluding diaryl/α,β-unsaturated/α-hetero) is 1. The van der Waals surface area contributed by atoms with Crippen LogP contribution in [0, 0.1) is 0 Å². The number of hydrogen-bond donors (Lipinski definition) is 1. The summed E-state index contributed by atoms with van der Waals surface area (Å²) in [6, 6.07) is 11.7. The number of halogens is 3. The molecule has 0 bridgehead atoms. The predicted octanol–water partition coefficient (Wildman–Crippen LogP) is 3.60. The second-order valence-electron chi connectivity index (χ2n) is 5.36. The molecule has 1 atom stereocenters. The average Bonchev–Trinajstić information content (AvgIpc) is 2.59. The van der Waals surface area contributed by atoms with Crippen molar-refractivity contribution < 1.29 is 23.1 Å². The first-order chi connectivity index (χ1) is 11.9. The molecule has 0 aromatic heterocycles. The molecule has 0 spiro atoms. The fraction of sp³-hybridized carbons (Fsp3) is 0.222. The van der Waals surface area contributed by atoms with Crippen molar-refractivity contribution in [3.63, 3.8) is 0 Å². The van der Waals surface area contributed by atoms with Crippen LogP contribution >= 0.6 is 15.9 Å². The van der Waals surface area contributed by atoms with E-state index < -0.39 is 18.3 Å². The summed E-state index contributed by atoms with van der Waals surface area (Å²) in [5, 5.41) is 0. The highest BCUT2D eigenvalue weighted by Gasteiger charge is 2.22. The van der Waals surface area contributed by atoms with Gasteiger partial charge in [0.15, 0.2) is 6.29 Å². The van der Waals surface area contributed by atoms with Crippen LogP contribution in [0.3, 0.4) is 0 Å². The van der Waals surface area contributed by atoms with E-state index in [4.69, 9.17) is 5.73 Å². The highest BCUT2D eigenvalue weighted by atomic mass is 79.9. The first-order valence-corrected chi connectivity index (χ1v) is 8.25. The van der Waals surface area contributed by atoms with E-state index in [9.17, 15) is 18.4 Å². The zero-order chi connectivity index (χ0) is 18.4. The number of rotatable bonds is 8. The number of carbonyl (C=O) groups excluding carboxylic acids is 2. The van der Waals surface area contributed by atoms with Crippen LogP contribution in [0.25, 0.3) is 0 Å². The van der Waals surface area contributed by atoms with Gasteiger partial charge in [0.05, 0.1) is 5.92 Å². The van der Waals surface area contributed by atoms with Crippen molar-refractivity contribution in [1.29, 1.82) is 0 Å². The Hall–Kier alpha value is -2.12. The fourth-order valence-corrected chi connectivity index (χ4v) is 3.00. The molecule has 0 saturated carbocycles. The van der Waals surface area contributed by atoms with Gasteiger partial charge in [-0.3, -0.25) is 9.59 Å². The fourth-order valence-electron chi connectivity index (χ4n) is 2.55. The quantitative estimate of drug-likeness (QED) is 0.532. The molecule has 0 fully saturated rings. The van der Waals surface area contributed by atoms with Gasteiger partial charge in [0, 0.05) is 16.6 Å². The molecule has 0 heterocycles. The molecule has 25 heavy (non-hydrogen) atoms. The second kappa shape index (κ2) is 8.82. The van der Waals surface area contributed by atoms with Crippen molar-refractivity contribution in [2.45, 2.75) is 25.5 Å². The Balaban J connectivity index is 2.37. The van der Waals surface area contributed by atoms with E-state index in [0.29, 0.717) is 17.5 Å². The average molecular weight is 412 g/mol. The minimum absolute atomic E-state index is 0.0330. The lowest BCUT2D eigenvalue weighted by Gasteiger charge is -2.17. The van der Waals surface area contributed by atoms with Gasteiger partial charge >= 0.3 is 6.61 Å². The summed E-state index contributed by atoms with van der Waals surface area (Å²) in [6.45, 7) is -3.00. The Bertz CT molecular complexity index is 768. The predicted molar refractivity (Wildman–Crippen MR) is 92.6 cm³/mol. The Labute approximate surface area is 152 Å². The lowest BCUT2D eigenvalue weighted by Crippen LogP contribution is -2.17. The van der Waals surface area contributed by atoms with Gasteiger partial charge in [-0.1, -0.05) is 40.2 Å². The largest absolute Gasteiger partial charge is 0.434 e. The van der Waals surface area contributed by atoms with Crippen LogP contribution in [0.1, 0.15) is 22.6 Å². The molecule has 7 heteroatoms. The van der Waals surface area contributed by atoms with Crippen molar-refractivity contribution in [2.75, 3.05) is 0 Å². The lowest BCUT2D eigenvalue weighted by molar-refractivity contribution is -0.130. The number of carbonyl (C=O) groups is 2. The molecule has 1 unspecified atom stereocenters. The Morgan fingerprint density at radius 2 is 2.00 bits per heavy atom. The third kappa shape index (κ3) is 5.17. The summed E-state index contributed by atoms with van der Waals surface area (Å²) < 4.78 is 30.1. The summed E-state index contributed by atoms with van der Waals surface area (Å²) in [4.78, 5) is 23.1. The van der Waals surface area contributed by atoms with Crippen LogP contribution in [0.5, 0.6) is 5.75 Å². The van der Waals surface area contributed by atoms with E-state index in [1.807, 2.05) is 24.3 Å². The minimum atomic E-state index is -2.97. The molecule has 2 aromatic rings. The molecule has 2 rings (SSSR count). The van der Waals surface area contributed by atoms with Gasteiger partial charge < -0.3 is 10.5 Å². The first-order valence-electron chi connectivity index (χ1n) is 7.45. The van der Waals surface area contributed by atoms with Gasteiger partial charge in [-0.15, -0.1) is 0 Å². The van der Waals surface area contributed by atoms with Crippen LogP contribution in [0.2, 0.25) is 0 Å². The Kier molecular flexibility index (Phi) is 6.78. The molecule has 0 aliphatic rings. The lowest BCUT2D eigenvalue weighted by atomic mass is 9.88. The monoisotopic (exact) mass is 411 g/mol. The maximum atomic E-state index is 12.4. The third-order valence-electron chi connectivity index (χ3n) is 3.71. The molecule has 0 aliphatic carbocycles. The molecule has 2 N–H and O–H groups in total. The van der Waals surface area contributed by atoms with Gasteiger partial charge in [-0.25, -0.2) is 0 Å². The molecule has 0 radical (unpaired) electrons. The van der Waals surface area contributed by atoms with E-state index in [0.717, 1.165) is 10.0 Å². The molecule has 2 aromatic carbocycles. The van der Waals surface area contributed by atoms with Crippen molar-refractivity contribution in [1.82, 2.24) is 0 Å². The number of nitrogens with two attached hydrogens (primary N) is 1. The highest BCUT2D eigenvalue weighted by Crippen LogP contribution is 2.28. The molecular formula is C18H16BrF2NO3.